The first-order chi connectivity index (χ1) is 14.8. The van der Waals surface area contributed by atoms with Gasteiger partial charge in [-0.05, 0) is 38.3 Å². The maximum atomic E-state index is 8.37. The van der Waals surface area contributed by atoms with Gasteiger partial charge in [-0.15, -0.1) is 0 Å². The molecule has 0 radical (unpaired) electrons. The molecule has 2 aromatic heterocycles. The number of fused-ring (bicyclic) bond motifs is 1. The van der Waals surface area contributed by atoms with Crippen LogP contribution in [0.25, 0.3) is 5.57 Å². The van der Waals surface area contributed by atoms with Crippen molar-refractivity contribution in [3.63, 3.8) is 0 Å². The number of nitrogens with one attached hydrogen (secondary N) is 3. The Balaban J connectivity index is 1.26. The van der Waals surface area contributed by atoms with Gasteiger partial charge in [0, 0.05) is 42.0 Å². The summed E-state index contributed by atoms with van der Waals surface area (Å²) in [5.74, 6) is 1.58. The predicted molar refractivity (Wildman–Crippen MR) is 127 cm³/mol. The predicted octanol–water partition coefficient (Wildman–Crippen LogP) is 5.16. The molecule has 0 bridgehead atoms. The van der Waals surface area contributed by atoms with E-state index in [1.165, 1.54) is 11.8 Å². The van der Waals surface area contributed by atoms with Gasteiger partial charge in [-0.25, -0.2) is 15.0 Å². The van der Waals surface area contributed by atoms with Crippen LogP contribution in [0.5, 0.6) is 0 Å². The highest BCUT2D eigenvalue weighted by molar-refractivity contribution is 8.15. The van der Waals surface area contributed by atoms with Gasteiger partial charge in [0.25, 0.3) is 0 Å². The lowest BCUT2D eigenvalue weighted by atomic mass is 9.60. The largest absolute Gasteiger partial charge is 0.366 e. The zero-order valence-corrected chi connectivity index (χ0v) is 19.4. The molecule has 2 aromatic rings. The van der Waals surface area contributed by atoms with E-state index in [-0.39, 0.29) is 5.41 Å². The third-order valence-electron chi connectivity index (χ3n) is 6.25. The van der Waals surface area contributed by atoms with E-state index in [0.29, 0.717) is 26.8 Å². The van der Waals surface area contributed by atoms with Gasteiger partial charge in [0.05, 0.1) is 20.6 Å². The first-order valence-electron chi connectivity index (χ1n) is 9.97. The van der Waals surface area contributed by atoms with Gasteiger partial charge in [0.15, 0.2) is 0 Å². The maximum Gasteiger partial charge on any atom is 0.147 e. The van der Waals surface area contributed by atoms with E-state index in [1.54, 1.807) is 25.5 Å². The number of allylic oxidation sites excluding steroid dienone is 1. The summed E-state index contributed by atoms with van der Waals surface area (Å²) in [6, 6.07) is 2.07. The van der Waals surface area contributed by atoms with Crippen LogP contribution in [0.15, 0.2) is 29.1 Å². The molecular formula is C21H21Cl2N7S. The van der Waals surface area contributed by atoms with Crippen LogP contribution in [0.2, 0.25) is 10.0 Å². The normalized spacial score (nSPS) is 20.9. The molecule has 0 unspecified atom stereocenters. The molecule has 2 aliphatic heterocycles. The minimum absolute atomic E-state index is 0.289. The topological polar surface area (TPSA) is 102 Å². The van der Waals surface area contributed by atoms with Gasteiger partial charge in [0.1, 0.15) is 23.0 Å². The Hall–Kier alpha value is -2.16. The van der Waals surface area contributed by atoms with E-state index in [9.17, 15) is 0 Å². The smallest absolute Gasteiger partial charge is 0.147 e. The van der Waals surface area contributed by atoms with Crippen molar-refractivity contribution in [2.75, 3.05) is 23.3 Å². The summed E-state index contributed by atoms with van der Waals surface area (Å²) in [4.78, 5) is 16.3. The third kappa shape index (κ3) is 3.50. The molecule has 1 spiro atoms. The molecule has 4 heterocycles. The fourth-order valence-corrected chi connectivity index (χ4v) is 6.16. The Bertz CT molecular complexity index is 1150. The van der Waals surface area contributed by atoms with Gasteiger partial charge < -0.3 is 15.6 Å². The summed E-state index contributed by atoms with van der Waals surface area (Å²) in [5, 5.41) is 21.4. The quantitative estimate of drug-likeness (QED) is 0.530. The summed E-state index contributed by atoms with van der Waals surface area (Å²) < 4.78 is 0. The first-order valence-corrected chi connectivity index (χ1v) is 11.5. The van der Waals surface area contributed by atoms with Crippen molar-refractivity contribution in [2.24, 2.45) is 5.41 Å². The highest BCUT2D eigenvalue weighted by atomic mass is 35.5. The summed E-state index contributed by atoms with van der Waals surface area (Å²) in [6.07, 6.45) is 5.28. The van der Waals surface area contributed by atoms with Crippen LogP contribution in [-0.4, -0.2) is 44.8 Å². The number of halogens is 2. The number of hydrogen-bond donors (Lipinski definition) is 3. The Morgan fingerprint density at radius 2 is 1.97 bits per heavy atom. The first kappa shape index (κ1) is 20.7. The van der Waals surface area contributed by atoms with Gasteiger partial charge in [-0.3, -0.25) is 5.41 Å². The van der Waals surface area contributed by atoms with Crippen LogP contribution in [0, 0.1) is 16.2 Å². The van der Waals surface area contributed by atoms with Crippen molar-refractivity contribution in [1.29, 1.82) is 10.8 Å². The molecule has 0 aromatic carbocycles. The molecule has 3 N–H and O–H groups in total. The van der Waals surface area contributed by atoms with E-state index in [2.05, 4.69) is 25.2 Å². The number of hydrogen-bond acceptors (Lipinski definition) is 8. The average molecular weight is 474 g/mol. The second-order valence-corrected chi connectivity index (χ2v) is 10.4. The molecule has 2 fully saturated rings. The van der Waals surface area contributed by atoms with Crippen molar-refractivity contribution in [2.45, 2.75) is 37.6 Å². The number of thioether (sulfide) groups is 1. The molecule has 5 rings (SSSR count). The Morgan fingerprint density at radius 3 is 2.65 bits per heavy atom. The van der Waals surface area contributed by atoms with Crippen molar-refractivity contribution < 1.29 is 0 Å². The molecule has 10 heteroatoms. The van der Waals surface area contributed by atoms with Crippen LogP contribution in [-0.2, 0) is 0 Å². The molecule has 1 saturated carbocycles. The average Bonchev–Trinajstić information content (AvgIpc) is 2.99. The zero-order chi connectivity index (χ0) is 21.9. The van der Waals surface area contributed by atoms with Crippen LogP contribution in [0.1, 0.15) is 32.4 Å². The number of aromatic nitrogens is 3. The number of nitrogens with zero attached hydrogens (tertiary/aromatic N) is 4. The fraction of sp³-hybridized carbons (Fsp3) is 0.381. The van der Waals surface area contributed by atoms with E-state index >= 15 is 0 Å². The van der Waals surface area contributed by atoms with Crippen LogP contribution in [0.3, 0.4) is 0 Å². The monoisotopic (exact) mass is 473 g/mol. The summed E-state index contributed by atoms with van der Waals surface area (Å²) in [7, 11) is 0. The maximum absolute atomic E-state index is 8.37. The second kappa shape index (κ2) is 7.46. The Morgan fingerprint density at radius 1 is 1.23 bits per heavy atom. The minimum Gasteiger partial charge on any atom is -0.366 e. The number of pyridine rings is 1. The van der Waals surface area contributed by atoms with Crippen molar-refractivity contribution >= 4 is 62.9 Å². The van der Waals surface area contributed by atoms with E-state index in [1.807, 2.05) is 6.92 Å². The Kier molecular flexibility index (Phi) is 4.99. The summed E-state index contributed by atoms with van der Waals surface area (Å²) in [6.45, 7) is 5.48. The lowest BCUT2D eigenvalue weighted by Crippen LogP contribution is -2.65. The highest BCUT2D eigenvalue weighted by Gasteiger charge is 2.53. The molecule has 1 aliphatic carbocycles. The zero-order valence-electron chi connectivity index (χ0n) is 17.1. The second-order valence-electron chi connectivity index (χ2n) is 8.52. The molecule has 0 atom stereocenters. The van der Waals surface area contributed by atoms with Crippen molar-refractivity contribution in [3.05, 3.63) is 39.9 Å². The van der Waals surface area contributed by atoms with E-state index in [4.69, 9.17) is 34.0 Å². The summed E-state index contributed by atoms with van der Waals surface area (Å²) in [5.41, 5.74) is 3.02. The van der Waals surface area contributed by atoms with Crippen molar-refractivity contribution in [3.8, 4) is 0 Å². The molecule has 7 nitrogen and oxygen atoms in total. The molecule has 1 saturated heterocycles. The highest BCUT2D eigenvalue weighted by Crippen LogP contribution is 2.52. The SMILES string of the molecule is CC(=N)/C(C)=C1\C(=N)Sc2c(NC3CC4(C3)CN(c3ncc(Cl)cc3Cl)C4)ncnc21. The lowest BCUT2D eigenvalue weighted by Gasteiger charge is -2.59. The Labute approximate surface area is 194 Å². The van der Waals surface area contributed by atoms with Gasteiger partial charge in [0.2, 0.25) is 0 Å². The van der Waals surface area contributed by atoms with Gasteiger partial charge in [-0.1, -0.05) is 35.0 Å². The van der Waals surface area contributed by atoms with E-state index < -0.39 is 0 Å². The van der Waals surface area contributed by atoms with Crippen LogP contribution in [0.4, 0.5) is 11.6 Å². The molecular weight excluding hydrogens is 453 g/mol. The standard InChI is InChI=1S/C21H21Cl2N7S/c1-10(11(2)24)15-16-17(31-18(15)25)19(28-9-27-16)29-13-4-21(5-13)7-30(8-21)20-14(23)3-12(22)6-26-20/h3,6,9,13,24-25H,4-5,7-8H2,1-2H3,(H,27,28,29)/b15-10-,24-11?,25-18?. The van der Waals surface area contributed by atoms with Gasteiger partial charge >= 0.3 is 0 Å². The van der Waals surface area contributed by atoms with Crippen molar-refractivity contribution in [1.82, 2.24) is 15.0 Å². The molecule has 0 amide bonds. The number of rotatable bonds is 4. The minimum atomic E-state index is 0.289. The fourth-order valence-electron chi connectivity index (χ4n) is 4.64. The summed E-state index contributed by atoms with van der Waals surface area (Å²) >= 11 is 13.6. The van der Waals surface area contributed by atoms with Crippen LogP contribution < -0.4 is 10.2 Å². The van der Waals surface area contributed by atoms with Crippen LogP contribution >= 0.6 is 35.0 Å². The molecule has 160 valence electrons. The molecule has 31 heavy (non-hydrogen) atoms. The van der Waals surface area contributed by atoms with E-state index in [0.717, 1.165) is 59.3 Å². The lowest BCUT2D eigenvalue weighted by molar-refractivity contribution is 0.0743. The number of anilines is 2. The van der Waals surface area contributed by atoms with Gasteiger partial charge in [-0.2, -0.15) is 0 Å². The third-order valence-corrected chi connectivity index (χ3v) is 7.73. The molecule has 3 aliphatic rings.